The molecule has 1 atom stereocenters. The molecule has 0 aliphatic rings. The molecular formula is C23H21N4O4-. The van der Waals surface area contributed by atoms with Gasteiger partial charge in [-0.05, 0) is 30.2 Å². The van der Waals surface area contributed by atoms with E-state index in [2.05, 4.69) is 20.3 Å². The van der Waals surface area contributed by atoms with Crippen molar-refractivity contribution in [3.05, 3.63) is 76.5 Å². The van der Waals surface area contributed by atoms with Crippen LogP contribution in [0.1, 0.15) is 24.2 Å². The molecule has 0 saturated heterocycles. The Morgan fingerprint density at radius 1 is 1.06 bits per heavy atom. The number of aromatic nitrogens is 3. The zero-order chi connectivity index (χ0) is 21.8. The maximum Gasteiger partial charge on any atom is 0.258 e. The van der Waals surface area contributed by atoms with Crippen molar-refractivity contribution in [1.82, 2.24) is 20.3 Å². The molecule has 2 aromatic carbocycles. The SMILES string of the molecule is O=C(CCCc1nc2ccccc2c(=O)[nH]1)N[C@@H](Cc1c[nH]c2ccccc12)C(=O)[O-]. The Balaban J connectivity index is 1.35. The second-order valence-corrected chi connectivity index (χ2v) is 7.39. The van der Waals surface area contributed by atoms with Crippen LogP contribution in [0.4, 0.5) is 0 Å². The molecule has 0 unspecified atom stereocenters. The number of H-pyrrole nitrogens is 2. The number of aliphatic carboxylic acids is 1. The third kappa shape index (κ3) is 4.63. The van der Waals surface area contributed by atoms with Crippen molar-refractivity contribution in [3.63, 3.8) is 0 Å². The number of hydrogen-bond acceptors (Lipinski definition) is 5. The molecule has 0 radical (unpaired) electrons. The van der Waals surface area contributed by atoms with E-state index >= 15 is 0 Å². The first kappa shape index (κ1) is 20.3. The average Bonchev–Trinajstić information content (AvgIpc) is 3.16. The Kier molecular flexibility index (Phi) is 5.79. The van der Waals surface area contributed by atoms with Crippen molar-refractivity contribution in [1.29, 1.82) is 0 Å². The number of aromatic amines is 2. The van der Waals surface area contributed by atoms with Crippen LogP contribution >= 0.6 is 0 Å². The van der Waals surface area contributed by atoms with E-state index in [1.165, 1.54) is 0 Å². The van der Waals surface area contributed by atoms with Crippen LogP contribution in [0, 0.1) is 0 Å². The van der Waals surface area contributed by atoms with Crippen molar-refractivity contribution in [2.75, 3.05) is 0 Å². The van der Waals surface area contributed by atoms with Crippen LogP contribution in [0.25, 0.3) is 21.8 Å². The maximum atomic E-state index is 12.3. The number of carbonyl (C=O) groups excluding carboxylic acids is 2. The summed E-state index contributed by atoms with van der Waals surface area (Å²) in [7, 11) is 0. The van der Waals surface area contributed by atoms with Crippen molar-refractivity contribution in [2.24, 2.45) is 0 Å². The topological polar surface area (TPSA) is 131 Å². The predicted molar refractivity (Wildman–Crippen MR) is 114 cm³/mol. The van der Waals surface area contributed by atoms with E-state index < -0.39 is 17.9 Å². The number of carbonyl (C=O) groups is 2. The molecule has 0 spiro atoms. The summed E-state index contributed by atoms with van der Waals surface area (Å²) >= 11 is 0. The van der Waals surface area contributed by atoms with E-state index in [-0.39, 0.29) is 18.4 Å². The van der Waals surface area contributed by atoms with Crippen LogP contribution in [0.5, 0.6) is 0 Å². The summed E-state index contributed by atoms with van der Waals surface area (Å²) in [5.74, 6) is -1.23. The number of nitrogens with one attached hydrogen (secondary N) is 3. The van der Waals surface area contributed by atoms with Gasteiger partial charge >= 0.3 is 0 Å². The lowest BCUT2D eigenvalue weighted by atomic mass is 10.0. The Labute approximate surface area is 177 Å². The van der Waals surface area contributed by atoms with Crippen molar-refractivity contribution < 1.29 is 14.7 Å². The number of carboxylic acid groups (broad SMARTS) is 1. The summed E-state index contributed by atoms with van der Waals surface area (Å²) in [6, 6.07) is 13.5. The molecule has 1 amide bonds. The first-order valence-electron chi connectivity index (χ1n) is 10.0. The lowest BCUT2D eigenvalue weighted by molar-refractivity contribution is -0.308. The van der Waals surface area contributed by atoms with E-state index in [1.807, 2.05) is 24.3 Å². The fraction of sp³-hybridized carbons (Fsp3) is 0.217. The number of amides is 1. The van der Waals surface area contributed by atoms with E-state index in [9.17, 15) is 19.5 Å². The number of para-hydroxylation sites is 2. The lowest BCUT2D eigenvalue weighted by Gasteiger charge is -2.19. The number of rotatable bonds is 8. The Morgan fingerprint density at radius 2 is 1.81 bits per heavy atom. The van der Waals surface area contributed by atoms with E-state index in [0.29, 0.717) is 29.6 Å². The minimum atomic E-state index is -1.33. The van der Waals surface area contributed by atoms with Gasteiger partial charge in [0.15, 0.2) is 0 Å². The Hall–Kier alpha value is -3.94. The van der Waals surface area contributed by atoms with Crippen molar-refractivity contribution >= 4 is 33.7 Å². The molecule has 31 heavy (non-hydrogen) atoms. The molecule has 158 valence electrons. The van der Waals surface area contributed by atoms with Crippen LogP contribution in [-0.4, -0.2) is 32.9 Å². The smallest absolute Gasteiger partial charge is 0.258 e. The van der Waals surface area contributed by atoms with Gasteiger partial charge < -0.3 is 25.2 Å². The second kappa shape index (κ2) is 8.83. The first-order valence-corrected chi connectivity index (χ1v) is 10.0. The van der Waals surface area contributed by atoms with Gasteiger partial charge in [-0.1, -0.05) is 30.3 Å². The summed E-state index contributed by atoms with van der Waals surface area (Å²) in [4.78, 5) is 46.2. The fourth-order valence-corrected chi connectivity index (χ4v) is 3.65. The Morgan fingerprint density at radius 3 is 2.61 bits per heavy atom. The molecule has 8 heteroatoms. The zero-order valence-electron chi connectivity index (χ0n) is 16.7. The minimum absolute atomic E-state index is 0.105. The summed E-state index contributed by atoms with van der Waals surface area (Å²) in [5.41, 5.74) is 2.07. The van der Waals surface area contributed by atoms with Crippen LogP contribution in [0.15, 0.2) is 59.5 Å². The molecule has 0 fully saturated rings. The normalized spacial score (nSPS) is 12.1. The zero-order valence-corrected chi connectivity index (χ0v) is 16.7. The highest BCUT2D eigenvalue weighted by molar-refractivity contribution is 5.86. The monoisotopic (exact) mass is 417 g/mol. The van der Waals surface area contributed by atoms with Crippen molar-refractivity contribution in [2.45, 2.75) is 31.7 Å². The predicted octanol–water partition coefficient (Wildman–Crippen LogP) is 1.20. The van der Waals surface area contributed by atoms with Crippen LogP contribution in [0.2, 0.25) is 0 Å². The summed E-state index contributed by atoms with van der Waals surface area (Å²) in [5, 5.41) is 15.5. The highest BCUT2D eigenvalue weighted by atomic mass is 16.4. The van der Waals surface area contributed by atoms with Gasteiger partial charge in [-0.2, -0.15) is 0 Å². The van der Waals surface area contributed by atoms with Crippen LogP contribution < -0.4 is 16.0 Å². The molecule has 4 rings (SSSR count). The summed E-state index contributed by atoms with van der Waals surface area (Å²) < 4.78 is 0. The first-order chi connectivity index (χ1) is 15.0. The van der Waals surface area contributed by atoms with E-state index in [4.69, 9.17) is 0 Å². The third-order valence-electron chi connectivity index (χ3n) is 5.20. The number of benzene rings is 2. The van der Waals surface area contributed by atoms with Crippen LogP contribution in [0.3, 0.4) is 0 Å². The molecule has 3 N–H and O–H groups in total. The van der Waals surface area contributed by atoms with Crippen molar-refractivity contribution in [3.8, 4) is 0 Å². The maximum absolute atomic E-state index is 12.3. The molecule has 2 heterocycles. The largest absolute Gasteiger partial charge is 0.548 e. The van der Waals surface area contributed by atoms with Gasteiger partial charge in [0.2, 0.25) is 5.91 Å². The van der Waals surface area contributed by atoms with Gasteiger partial charge in [-0.25, -0.2) is 4.98 Å². The Bertz CT molecular complexity index is 1310. The summed E-state index contributed by atoms with van der Waals surface area (Å²) in [6.45, 7) is 0. The third-order valence-corrected chi connectivity index (χ3v) is 5.20. The highest BCUT2D eigenvalue weighted by Gasteiger charge is 2.16. The fourth-order valence-electron chi connectivity index (χ4n) is 3.65. The quantitative estimate of drug-likeness (QED) is 0.397. The van der Waals surface area contributed by atoms with Crippen LogP contribution in [-0.2, 0) is 22.4 Å². The van der Waals surface area contributed by atoms with Gasteiger partial charge in [0.05, 0.1) is 22.9 Å². The minimum Gasteiger partial charge on any atom is -0.548 e. The molecule has 4 aromatic rings. The van der Waals surface area contributed by atoms with E-state index in [0.717, 1.165) is 16.5 Å². The number of hydrogen-bond donors (Lipinski definition) is 3. The molecule has 2 aromatic heterocycles. The molecule has 0 bridgehead atoms. The summed E-state index contributed by atoms with van der Waals surface area (Å²) in [6.07, 6.45) is 2.78. The molecule has 0 saturated carbocycles. The molecule has 0 aliphatic carbocycles. The lowest BCUT2D eigenvalue weighted by Crippen LogP contribution is -2.49. The van der Waals surface area contributed by atoms with Gasteiger partial charge in [0, 0.05) is 36.4 Å². The van der Waals surface area contributed by atoms with E-state index in [1.54, 1.807) is 30.5 Å². The van der Waals surface area contributed by atoms with Gasteiger partial charge in [-0.15, -0.1) is 0 Å². The number of nitrogens with zero attached hydrogens (tertiary/aromatic N) is 1. The highest BCUT2D eigenvalue weighted by Crippen LogP contribution is 2.19. The number of carboxylic acids is 1. The van der Waals surface area contributed by atoms with Gasteiger partial charge in [0.25, 0.3) is 5.56 Å². The van der Waals surface area contributed by atoms with Gasteiger partial charge in [0.1, 0.15) is 5.82 Å². The average molecular weight is 417 g/mol. The standard InChI is InChI=1S/C23H22N4O4/c28-21(11-5-10-20-25-18-9-4-2-7-16(18)22(29)27-20)26-19(23(30)31)12-14-13-24-17-8-3-1-6-15(14)17/h1-4,6-9,13,19,24H,5,10-12H2,(H,26,28)(H,30,31)(H,25,27,29)/p-1/t19-/m0/s1. The molecule has 0 aliphatic heterocycles. The van der Waals surface area contributed by atoms with Gasteiger partial charge in [-0.3, -0.25) is 9.59 Å². The number of aryl methyl sites for hydroxylation is 1. The molecular weight excluding hydrogens is 396 g/mol. The number of fused-ring (bicyclic) bond motifs is 2. The second-order valence-electron chi connectivity index (χ2n) is 7.39. The molecule has 8 nitrogen and oxygen atoms in total.